The molecule has 2 fully saturated rings. The van der Waals surface area contributed by atoms with Crippen molar-refractivity contribution in [3.63, 3.8) is 0 Å². The Balaban J connectivity index is 1.13. The second-order valence-corrected chi connectivity index (χ2v) is 15.9. The van der Waals surface area contributed by atoms with Gasteiger partial charge in [-0.25, -0.2) is 14.8 Å². The number of aromatic amines is 2. The summed E-state index contributed by atoms with van der Waals surface area (Å²) in [5, 5.41) is 6.64. The summed E-state index contributed by atoms with van der Waals surface area (Å²) in [6.07, 6.45) is 5.97. The summed E-state index contributed by atoms with van der Waals surface area (Å²) in [5.74, 6) is 0.605. The number of rotatable bonds is 10. The molecule has 300 valence electrons. The lowest BCUT2D eigenvalue weighted by Gasteiger charge is -2.30. The van der Waals surface area contributed by atoms with Crippen LogP contribution in [0.2, 0.25) is 0 Å². The zero-order valence-corrected chi connectivity index (χ0v) is 33.5. The Labute approximate surface area is 330 Å². The molecule has 2 aromatic carbocycles. The summed E-state index contributed by atoms with van der Waals surface area (Å²) in [5.41, 5.74) is 4.57. The molecular weight excluding hydrogens is 727 g/mol. The largest absolute Gasteiger partial charge is 0.453 e. The summed E-state index contributed by atoms with van der Waals surface area (Å²) in [4.78, 5) is 84.9. The average molecular weight is 778 g/mol. The van der Waals surface area contributed by atoms with Crippen molar-refractivity contribution in [3.05, 3.63) is 70.7 Å². The van der Waals surface area contributed by atoms with Crippen LogP contribution in [0.1, 0.15) is 84.0 Å². The third-order valence-corrected chi connectivity index (χ3v) is 11.4. The number of ether oxygens (including phenoxy) is 1. The van der Waals surface area contributed by atoms with E-state index in [9.17, 15) is 24.0 Å². The van der Waals surface area contributed by atoms with Gasteiger partial charge in [0.15, 0.2) is 5.43 Å². The first-order valence-corrected chi connectivity index (χ1v) is 19.7. The Morgan fingerprint density at radius 3 is 1.81 bits per heavy atom. The van der Waals surface area contributed by atoms with E-state index in [-0.39, 0.29) is 47.1 Å². The monoisotopic (exact) mass is 777 g/mol. The molecule has 15 nitrogen and oxygen atoms in total. The number of hydrogen-bond donors (Lipinski definition) is 4. The van der Waals surface area contributed by atoms with E-state index in [2.05, 4.69) is 30.6 Å². The zero-order chi connectivity index (χ0) is 40.7. The van der Waals surface area contributed by atoms with Crippen LogP contribution in [0.5, 0.6) is 0 Å². The second-order valence-electron chi connectivity index (χ2n) is 15.9. The fraction of sp³-hybridized carbons (Fsp3) is 0.452. The van der Waals surface area contributed by atoms with E-state index in [0.29, 0.717) is 35.5 Å². The number of methoxy groups -OCH3 is 1. The van der Waals surface area contributed by atoms with Crippen LogP contribution in [-0.2, 0) is 26.2 Å². The Bertz CT molecular complexity index is 2410. The van der Waals surface area contributed by atoms with Gasteiger partial charge in [-0.2, -0.15) is 0 Å². The Morgan fingerprint density at radius 1 is 0.754 bits per heavy atom. The smallest absolute Gasteiger partial charge is 0.407 e. The lowest BCUT2D eigenvalue weighted by atomic mass is 10.0. The van der Waals surface area contributed by atoms with Crippen LogP contribution in [0.15, 0.2) is 53.6 Å². The topological polar surface area (TPSA) is 187 Å². The molecule has 4 atom stereocenters. The van der Waals surface area contributed by atoms with Crippen LogP contribution >= 0.6 is 0 Å². The fourth-order valence-corrected chi connectivity index (χ4v) is 8.35. The predicted molar refractivity (Wildman–Crippen MR) is 216 cm³/mol. The van der Waals surface area contributed by atoms with E-state index in [1.54, 1.807) is 17.3 Å². The number of nitrogens with one attached hydrogen (secondary N) is 4. The third-order valence-electron chi connectivity index (χ3n) is 11.4. The van der Waals surface area contributed by atoms with Gasteiger partial charge in [0.05, 0.1) is 54.0 Å². The predicted octanol–water partition coefficient (Wildman–Crippen LogP) is 5.34. The molecule has 2 aliphatic heterocycles. The van der Waals surface area contributed by atoms with Crippen LogP contribution < -0.4 is 16.1 Å². The van der Waals surface area contributed by atoms with Gasteiger partial charge in [-0.1, -0.05) is 39.8 Å². The number of alkyl carbamates (subject to hydrolysis) is 1. The number of carbonyl (C=O) groups is 4. The normalized spacial score (nSPS) is 18.1. The fourth-order valence-electron chi connectivity index (χ4n) is 8.35. The van der Waals surface area contributed by atoms with Gasteiger partial charge in [-0.15, -0.1) is 0 Å². The first kappa shape index (κ1) is 39.3. The maximum atomic E-state index is 14.1. The molecule has 2 saturated heterocycles. The molecule has 4 N–H and O–H groups in total. The van der Waals surface area contributed by atoms with Crippen molar-refractivity contribution in [2.75, 3.05) is 20.2 Å². The molecule has 0 spiro atoms. The molecule has 0 aliphatic carbocycles. The minimum Gasteiger partial charge on any atom is -0.453 e. The Morgan fingerprint density at radius 2 is 1.28 bits per heavy atom. The molecule has 3 aromatic heterocycles. The molecule has 0 bridgehead atoms. The highest BCUT2D eigenvalue weighted by Gasteiger charge is 2.38. The van der Waals surface area contributed by atoms with E-state index in [4.69, 9.17) is 4.74 Å². The van der Waals surface area contributed by atoms with Gasteiger partial charge >= 0.3 is 6.09 Å². The van der Waals surface area contributed by atoms with Crippen LogP contribution in [0.4, 0.5) is 4.79 Å². The van der Waals surface area contributed by atoms with Gasteiger partial charge < -0.3 is 39.7 Å². The quantitative estimate of drug-likeness (QED) is 0.137. The van der Waals surface area contributed by atoms with Crippen LogP contribution in [0.3, 0.4) is 0 Å². The summed E-state index contributed by atoms with van der Waals surface area (Å²) in [6.45, 7) is 10.2. The molecule has 2 aliphatic rings. The maximum Gasteiger partial charge on any atom is 0.407 e. The SMILES string of the molecule is COC(=O)N[C@H](C(=O)N1CCC[C@H]1c1ncc(-c2ccc3c(=O)c4cc(-c5cnc([C@@H]6CCCN6C(=O)C(NC(C)=O)C(C)C)[nH]5)ccc4n(C)c3c2)[nH]1)C(C)C. The molecule has 57 heavy (non-hydrogen) atoms. The summed E-state index contributed by atoms with van der Waals surface area (Å²) < 4.78 is 6.77. The van der Waals surface area contributed by atoms with Crippen molar-refractivity contribution in [2.45, 2.75) is 84.5 Å². The molecule has 0 radical (unpaired) electrons. The van der Waals surface area contributed by atoms with E-state index in [0.717, 1.165) is 59.2 Å². The van der Waals surface area contributed by atoms with Crippen molar-refractivity contribution in [1.29, 1.82) is 0 Å². The Hall–Kier alpha value is -5.99. The number of pyridine rings is 1. The summed E-state index contributed by atoms with van der Waals surface area (Å²) >= 11 is 0. The van der Waals surface area contributed by atoms with Crippen molar-refractivity contribution in [3.8, 4) is 22.5 Å². The van der Waals surface area contributed by atoms with Crippen LogP contribution in [-0.4, -0.2) is 90.4 Å². The summed E-state index contributed by atoms with van der Waals surface area (Å²) in [7, 11) is 3.21. The number of H-pyrrole nitrogens is 2. The zero-order valence-electron chi connectivity index (χ0n) is 33.5. The van der Waals surface area contributed by atoms with E-state index in [1.165, 1.54) is 14.0 Å². The standard InChI is InChI=1S/C42H51N9O6/c1-22(2)35(45-24(5)52)40(54)50-16-8-10-32(50)38-43-20-29(46-38)25-13-15-31-28(18-25)37(53)27-14-12-26(19-34(27)49(31)6)30-21-44-39(47-30)33-11-9-17-51(33)41(55)36(23(3)4)48-42(56)57-7/h12-15,18-23,32-33,35-36H,8-11,16-17H2,1-7H3,(H,43,46)(H,44,47)(H,45,52)(H,48,56)/t32-,33-,35?,36-/m0/s1. The van der Waals surface area contributed by atoms with Gasteiger partial charge in [-0.3, -0.25) is 19.2 Å². The number of hydrogen-bond acceptors (Lipinski definition) is 8. The number of likely N-dealkylation sites (tertiary alicyclic amines) is 2. The van der Waals surface area contributed by atoms with Gasteiger partial charge in [0.1, 0.15) is 23.7 Å². The number of nitrogens with zero attached hydrogens (tertiary/aromatic N) is 5. The lowest BCUT2D eigenvalue weighted by Crippen LogP contribution is -2.51. The summed E-state index contributed by atoms with van der Waals surface area (Å²) in [6, 6.07) is 9.63. The molecular formula is C42H51N9O6. The molecule has 1 unspecified atom stereocenters. The first-order chi connectivity index (χ1) is 27.3. The van der Waals surface area contributed by atoms with E-state index < -0.39 is 18.2 Å². The molecule has 15 heteroatoms. The molecule has 5 heterocycles. The molecule has 7 rings (SSSR count). The minimum absolute atomic E-state index is 0.0643. The van der Waals surface area contributed by atoms with Crippen molar-refractivity contribution in [1.82, 2.24) is 44.9 Å². The first-order valence-electron chi connectivity index (χ1n) is 19.7. The second kappa shape index (κ2) is 15.9. The number of imidazole rings is 2. The van der Waals surface area contributed by atoms with E-state index >= 15 is 0 Å². The van der Waals surface area contributed by atoms with Crippen molar-refractivity contribution < 1.29 is 23.9 Å². The van der Waals surface area contributed by atoms with Gasteiger partial charge in [0.25, 0.3) is 0 Å². The average Bonchev–Trinajstić information content (AvgIpc) is 4.03. The third kappa shape index (κ3) is 7.50. The van der Waals surface area contributed by atoms with Crippen molar-refractivity contribution in [2.24, 2.45) is 18.9 Å². The number of fused-ring (bicyclic) bond motifs is 2. The number of aryl methyl sites for hydroxylation is 1. The maximum absolute atomic E-state index is 14.1. The highest BCUT2D eigenvalue weighted by atomic mass is 16.5. The lowest BCUT2D eigenvalue weighted by molar-refractivity contribution is -0.138. The highest BCUT2D eigenvalue weighted by Crippen LogP contribution is 2.35. The van der Waals surface area contributed by atoms with Crippen LogP contribution in [0.25, 0.3) is 44.3 Å². The Kier molecular flexibility index (Phi) is 10.9. The minimum atomic E-state index is -0.724. The molecule has 4 amide bonds. The van der Waals surface area contributed by atoms with Gasteiger partial charge in [0, 0.05) is 49.0 Å². The van der Waals surface area contributed by atoms with Gasteiger partial charge in [-0.05, 0) is 61.8 Å². The highest BCUT2D eigenvalue weighted by molar-refractivity contribution is 5.96. The van der Waals surface area contributed by atoms with E-state index in [1.807, 2.05) is 80.6 Å². The number of carbonyl (C=O) groups excluding carboxylic acids is 4. The van der Waals surface area contributed by atoms with Crippen molar-refractivity contribution >= 4 is 45.6 Å². The van der Waals surface area contributed by atoms with Gasteiger partial charge in [0.2, 0.25) is 17.7 Å². The number of aromatic nitrogens is 5. The van der Waals surface area contributed by atoms with Crippen LogP contribution in [0, 0.1) is 11.8 Å². The number of amides is 4. The molecule has 0 saturated carbocycles. The number of benzene rings is 2. The molecule has 5 aromatic rings.